The van der Waals surface area contributed by atoms with E-state index >= 15 is 0 Å². The van der Waals surface area contributed by atoms with E-state index in [4.69, 9.17) is 11.6 Å². The summed E-state index contributed by atoms with van der Waals surface area (Å²) < 4.78 is 13.8. The van der Waals surface area contributed by atoms with Crippen molar-refractivity contribution in [1.82, 2.24) is 14.9 Å². The Morgan fingerprint density at radius 1 is 1.19 bits per heavy atom. The summed E-state index contributed by atoms with van der Waals surface area (Å²) in [6.45, 7) is 5.05. The Bertz CT molecular complexity index is 391. The summed E-state index contributed by atoms with van der Waals surface area (Å²) in [5, 5.41) is -0.0959. The zero-order valence-electron chi connectivity index (χ0n) is 9.37. The van der Waals surface area contributed by atoms with Crippen molar-refractivity contribution in [2.24, 2.45) is 0 Å². The number of hydrogen-bond acceptors (Lipinski definition) is 4. The van der Waals surface area contributed by atoms with Gasteiger partial charge in [-0.25, -0.2) is 9.97 Å². The lowest BCUT2D eigenvalue weighted by atomic mass is 10.3. The Balaban J connectivity index is 2.26. The third-order valence-electron chi connectivity index (χ3n) is 2.71. The van der Waals surface area contributed by atoms with Crippen LogP contribution in [-0.2, 0) is 0 Å². The summed E-state index contributed by atoms with van der Waals surface area (Å²) >= 11 is 5.70. The molecule has 88 valence electrons. The molecule has 1 aliphatic heterocycles. The molecule has 0 aromatic carbocycles. The molecule has 2 rings (SSSR count). The van der Waals surface area contributed by atoms with Gasteiger partial charge in [-0.05, 0) is 14.0 Å². The van der Waals surface area contributed by atoms with Crippen molar-refractivity contribution in [3.63, 3.8) is 0 Å². The molecule has 1 aromatic heterocycles. The number of rotatable bonds is 1. The second kappa shape index (κ2) is 4.51. The Kier molecular flexibility index (Phi) is 3.25. The van der Waals surface area contributed by atoms with Crippen molar-refractivity contribution in [2.45, 2.75) is 6.92 Å². The van der Waals surface area contributed by atoms with Crippen LogP contribution in [-0.4, -0.2) is 48.1 Å². The molecule has 0 saturated carbocycles. The number of aromatic nitrogens is 2. The summed E-state index contributed by atoms with van der Waals surface area (Å²) in [6, 6.07) is 0. The lowest BCUT2D eigenvalue weighted by Gasteiger charge is -2.33. The average Bonchev–Trinajstić information content (AvgIpc) is 2.25. The van der Waals surface area contributed by atoms with Gasteiger partial charge in [0.2, 0.25) is 5.82 Å². The van der Waals surface area contributed by atoms with Crippen LogP contribution in [0.1, 0.15) is 5.82 Å². The SMILES string of the molecule is Cc1nc(Cl)c(F)c(N2CCN(C)CC2)n1. The van der Waals surface area contributed by atoms with Gasteiger partial charge >= 0.3 is 0 Å². The fourth-order valence-electron chi connectivity index (χ4n) is 1.74. The molecule has 0 atom stereocenters. The quantitative estimate of drug-likeness (QED) is 0.698. The number of halogens is 2. The molecule has 0 aliphatic carbocycles. The molecule has 16 heavy (non-hydrogen) atoms. The van der Waals surface area contributed by atoms with Gasteiger partial charge in [-0.1, -0.05) is 11.6 Å². The van der Waals surface area contributed by atoms with Crippen molar-refractivity contribution in [2.75, 3.05) is 38.1 Å². The van der Waals surface area contributed by atoms with Crippen LogP contribution in [0.5, 0.6) is 0 Å². The highest BCUT2D eigenvalue weighted by Crippen LogP contribution is 2.23. The zero-order chi connectivity index (χ0) is 11.7. The predicted molar refractivity (Wildman–Crippen MR) is 61.4 cm³/mol. The molecular formula is C10H14ClFN4. The molecule has 1 aliphatic rings. The molecule has 0 N–H and O–H groups in total. The van der Waals surface area contributed by atoms with E-state index in [1.54, 1.807) is 6.92 Å². The smallest absolute Gasteiger partial charge is 0.202 e. The Labute approximate surface area is 99.0 Å². The molecule has 1 fully saturated rings. The maximum atomic E-state index is 13.8. The highest BCUT2D eigenvalue weighted by atomic mass is 35.5. The Morgan fingerprint density at radius 3 is 2.44 bits per heavy atom. The van der Waals surface area contributed by atoms with Gasteiger partial charge < -0.3 is 9.80 Å². The molecule has 0 bridgehead atoms. The first kappa shape index (κ1) is 11.5. The zero-order valence-corrected chi connectivity index (χ0v) is 10.1. The van der Waals surface area contributed by atoms with Gasteiger partial charge in [0.25, 0.3) is 0 Å². The van der Waals surface area contributed by atoms with Crippen molar-refractivity contribution >= 4 is 17.4 Å². The number of piperazine rings is 1. The lowest BCUT2D eigenvalue weighted by Crippen LogP contribution is -2.45. The molecule has 0 spiro atoms. The Morgan fingerprint density at radius 2 is 1.81 bits per heavy atom. The van der Waals surface area contributed by atoms with Crippen LogP contribution in [0.2, 0.25) is 5.15 Å². The Hall–Kier alpha value is -0.940. The summed E-state index contributed by atoms with van der Waals surface area (Å²) in [4.78, 5) is 12.0. The summed E-state index contributed by atoms with van der Waals surface area (Å²) in [6.07, 6.45) is 0. The van der Waals surface area contributed by atoms with Crippen LogP contribution in [0.25, 0.3) is 0 Å². The second-order valence-corrected chi connectivity index (χ2v) is 4.35. The molecule has 0 amide bonds. The molecule has 6 heteroatoms. The largest absolute Gasteiger partial charge is 0.351 e. The van der Waals surface area contributed by atoms with Gasteiger partial charge in [0.05, 0.1) is 0 Å². The topological polar surface area (TPSA) is 32.3 Å². The van der Waals surface area contributed by atoms with Crippen LogP contribution in [0.3, 0.4) is 0 Å². The number of anilines is 1. The number of nitrogens with zero attached hydrogens (tertiary/aromatic N) is 4. The highest BCUT2D eigenvalue weighted by Gasteiger charge is 2.21. The van der Waals surface area contributed by atoms with E-state index in [-0.39, 0.29) is 5.15 Å². The molecule has 0 unspecified atom stereocenters. The van der Waals surface area contributed by atoms with Crippen LogP contribution in [0.15, 0.2) is 0 Å². The van der Waals surface area contributed by atoms with E-state index < -0.39 is 5.82 Å². The van der Waals surface area contributed by atoms with Crippen molar-refractivity contribution in [1.29, 1.82) is 0 Å². The first-order chi connectivity index (χ1) is 7.58. The first-order valence-electron chi connectivity index (χ1n) is 5.21. The number of aryl methyl sites for hydroxylation is 1. The summed E-state index contributed by atoms with van der Waals surface area (Å²) in [7, 11) is 2.05. The first-order valence-corrected chi connectivity index (χ1v) is 5.59. The van der Waals surface area contributed by atoms with E-state index in [2.05, 4.69) is 14.9 Å². The van der Waals surface area contributed by atoms with Crippen LogP contribution in [0, 0.1) is 12.7 Å². The minimum atomic E-state index is -0.517. The molecule has 1 saturated heterocycles. The number of hydrogen-bond donors (Lipinski definition) is 0. The predicted octanol–water partition coefficient (Wildman–Crippen LogP) is 1.33. The van der Waals surface area contributed by atoms with Crippen LogP contribution < -0.4 is 4.90 Å². The molecule has 2 heterocycles. The molecule has 4 nitrogen and oxygen atoms in total. The fourth-order valence-corrected chi connectivity index (χ4v) is 1.95. The lowest BCUT2D eigenvalue weighted by molar-refractivity contribution is 0.310. The van der Waals surface area contributed by atoms with Crippen molar-refractivity contribution in [3.8, 4) is 0 Å². The second-order valence-electron chi connectivity index (χ2n) is 3.99. The van der Waals surface area contributed by atoms with Crippen molar-refractivity contribution in [3.05, 3.63) is 16.8 Å². The monoisotopic (exact) mass is 244 g/mol. The standard InChI is InChI=1S/C10H14ClFN4/c1-7-13-9(11)8(12)10(14-7)16-5-3-15(2)4-6-16/h3-6H2,1-2H3. The maximum Gasteiger partial charge on any atom is 0.202 e. The third-order valence-corrected chi connectivity index (χ3v) is 2.96. The van der Waals surface area contributed by atoms with Gasteiger partial charge in [-0.3, -0.25) is 0 Å². The maximum absolute atomic E-state index is 13.8. The molecule has 1 aromatic rings. The van der Waals surface area contributed by atoms with Gasteiger partial charge in [-0.15, -0.1) is 0 Å². The highest BCUT2D eigenvalue weighted by molar-refractivity contribution is 6.29. The van der Waals surface area contributed by atoms with E-state index in [0.29, 0.717) is 11.6 Å². The molecule has 0 radical (unpaired) electrons. The summed E-state index contributed by atoms with van der Waals surface area (Å²) in [5.41, 5.74) is 0. The van der Waals surface area contributed by atoms with Crippen molar-refractivity contribution < 1.29 is 4.39 Å². The molecular weight excluding hydrogens is 231 g/mol. The fraction of sp³-hybridized carbons (Fsp3) is 0.600. The van der Waals surface area contributed by atoms with E-state index in [1.807, 2.05) is 11.9 Å². The van der Waals surface area contributed by atoms with Crippen LogP contribution in [0.4, 0.5) is 10.2 Å². The number of likely N-dealkylation sites (N-methyl/N-ethyl adjacent to an activating group) is 1. The van der Waals surface area contributed by atoms with E-state index in [1.165, 1.54) is 0 Å². The van der Waals surface area contributed by atoms with E-state index in [9.17, 15) is 4.39 Å². The summed E-state index contributed by atoms with van der Waals surface area (Å²) in [5.74, 6) is 0.308. The van der Waals surface area contributed by atoms with Gasteiger partial charge in [0.15, 0.2) is 11.0 Å². The van der Waals surface area contributed by atoms with Gasteiger partial charge in [0.1, 0.15) is 5.82 Å². The van der Waals surface area contributed by atoms with Crippen LogP contribution >= 0.6 is 11.6 Å². The normalized spacial score (nSPS) is 17.9. The third kappa shape index (κ3) is 2.25. The minimum Gasteiger partial charge on any atom is -0.351 e. The van der Waals surface area contributed by atoms with E-state index in [0.717, 1.165) is 26.2 Å². The van der Waals surface area contributed by atoms with Gasteiger partial charge in [0, 0.05) is 26.2 Å². The average molecular weight is 245 g/mol. The van der Waals surface area contributed by atoms with Gasteiger partial charge in [-0.2, -0.15) is 4.39 Å². The minimum absolute atomic E-state index is 0.0959.